The molecule has 80 valence electrons. The molecule has 0 aliphatic heterocycles. The Labute approximate surface area is 94.2 Å². The quantitative estimate of drug-likeness (QED) is 0.627. The van der Waals surface area contributed by atoms with Gasteiger partial charge < -0.3 is 5.32 Å². The van der Waals surface area contributed by atoms with Crippen LogP contribution < -0.4 is 5.32 Å². The number of halogens is 1. The summed E-state index contributed by atoms with van der Waals surface area (Å²) in [7, 11) is 0. The maximum absolute atomic E-state index is 11.6. The lowest BCUT2D eigenvalue weighted by atomic mass is 10.2. The molecular weight excluding hydrogens is 212 g/mol. The Kier molecular flexibility index (Phi) is 4.84. The van der Waals surface area contributed by atoms with Crippen LogP contribution in [0.4, 0.5) is 0 Å². The van der Waals surface area contributed by atoms with E-state index in [4.69, 9.17) is 11.6 Å². The molecule has 1 N–H and O–H groups in total. The Morgan fingerprint density at radius 1 is 1.60 bits per heavy atom. The third-order valence-electron chi connectivity index (χ3n) is 1.80. The summed E-state index contributed by atoms with van der Waals surface area (Å²) < 4.78 is 0. The number of alkyl halides is 1. The fraction of sp³-hybridized carbons (Fsp3) is 0.273. The molecule has 0 aromatic carbocycles. The number of amides is 1. The van der Waals surface area contributed by atoms with Crippen molar-refractivity contribution in [3.8, 4) is 0 Å². The van der Waals surface area contributed by atoms with Crippen LogP contribution in [0.3, 0.4) is 0 Å². The van der Waals surface area contributed by atoms with Crippen molar-refractivity contribution in [2.24, 2.45) is 0 Å². The number of rotatable bonds is 4. The molecule has 15 heavy (non-hydrogen) atoms. The van der Waals surface area contributed by atoms with E-state index < -0.39 is 0 Å². The molecule has 4 heteroatoms. The molecule has 1 amide bonds. The highest BCUT2D eigenvalue weighted by atomic mass is 35.5. The molecular formula is C11H13ClN2O. The Bertz CT molecular complexity index is 363. The zero-order valence-corrected chi connectivity index (χ0v) is 9.29. The highest BCUT2D eigenvalue weighted by Crippen LogP contribution is 1.99. The van der Waals surface area contributed by atoms with Gasteiger partial charge in [-0.25, -0.2) is 0 Å². The van der Waals surface area contributed by atoms with Crippen LogP contribution in [0.5, 0.6) is 0 Å². The Morgan fingerprint density at radius 2 is 2.40 bits per heavy atom. The first-order valence-electron chi connectivity index (χ1n) is 4.66. The second-order valence-electron chi connectivity index (χ2n) is 3.02. The lowest BCUT2D eigenvalue weighted by Crippen LogP contribution is -2.23. The standard InChI is InChI=1S/C11H13ClN2O/c1-9-8-10(4-7-13-9)11(15)14-6-3-2-5-12/h2-4,7-8H,5-6H2,1H3,(H,14,15)/b3-2+. The number of carbonyl (C=O) groups is 1. The van der Waals surface area contributed by atoms with Crippen molar-refractivity contribution in [2.45, 2.75) is 6.92 Å². The number of nitrogens with zero attached hydrogens (tertiary/aromatic N) is 1. The van der Waals surface area contributed by atoms with Gasteiger partial charge in [0.15, 0.2) is 0 Å². The smallest absolute Gasteiger partial charge is 0.251 e. The zero-order chi connectivity index (χ0) is 11.1. The summed E-state index contributed by atoms with van der Waals surface area (Å²) in [5.41, 5.74) is 1.46. The summed E-state index contributed by atoms with van der Waals surface area (Å²) >= 11 is 5.45. The topological polar surface area (TPSA) is 42.0 Å². The Hall–Kier alpha value is -1.35. The lowest BCUT2D eigenvalue weighted by molar-refractivity contribution is 0.0958. The predicted molar refractivity (Wildman–Crippen MR) is 61.2 cm³/mol. The summed E-state index contributed by atoms with van der Waals surface area (Å²) in [6, 6.07) is 3.44. The summed E-state index contributed by atoms with van der Waals surface area (Å²) in [5.74, 6) is 0.365. The zero-order valence-electron chi connectivity index (χ0n) is 8.53. The van der Waals surface area contributed by atoms with E-state index in [9.17, 15) is 4.79 Å². The fourth-order valence-electron chi connectivity index (χ4n) is 1.09. The first-order valence-corrected chi connectivity index (χ1v) is 5.19. The highest BCUT2D eigenvalue weighted by molar-refractivity contribution is 6.18. The van der Waals surface area contributed by atoms with Crippen LogP contribution in [0.15, 0.2) is 30.5 Å². The van der Waals surface area contributed by atoms with E-state index in [1.165, 1.54) is 0 Å². The highest BCUT2D eigenvalue weighted by Gasteiger charge is 2.03. The molecule has 0 unspecified atom stereocenters. The van der Waals surface area contributed by atoms with Crippen LogP contribution in [0.2, 0.25) is 0 Å². The number of carbonyl (C=O) groups excluding carboxylic acids is 1. The molecule has 0 spiro atoms. The monoisotopic (exact) mass is 224 g/mol. The van der Waals surface area contributed by atoms with Crippen molar-refractivity contribution < 1.29 is 4.79 Å². The molecule has 0 atom stereocenters. The van der Waals surface area contributed by atoms with Crippen LogP contribution in [-0.4, -0.2) is 23.3 Å². The van der Waals surface area contributed by atoms with E-state index in [2.05, 4.69) is 10.3 Å². The molecule has 3 nitrogen and oxygen atoms in total. The van der Waals surface area contributed by atoms with Crippen molar-refractivity contribution in [3.05, 3.63) is 41.7 Å². The van der Waals surface area contributed by atoms with Gasteiger partial charge in [0.05, 0.1) is 0 Å². The van der Waals surface area contributed by atoms with Gasteiger partial charge in [0.25, 0.3) is 5.91 Å². The molecule has 0 fully saturated rings. The second kappa shape index (κ2) is 6.19. The molecule has 0 aliphatic rings. The number of aromatic nitrogens is 1. The Morgan fingerprint density at radius 3 is 3.07 bits per heavy atom. The maximum Gasteiger partial charge on any atom is 0.251 e. The van der Waals surface area contributed by atoms with Crippen LogP contribution in [0.1, 0.15) is 16.1 Å². The molecule has 1 aromatic heterocycles. The second-order valence-corrected chi connectivity index (χ2v) is 3.33. The number of nitrogens with one attached hydrogen (secondary N) is 1. The molecule has 0 aliphatic carbocycles. The lowest BCUT2D eigenvalue weighted by Gasteiger charge is -2.02. The van der Waals surface area contributed by atoms with Crippen molar-refractivity contribution >= 4 is 17.5 Å². The number of aryl methyl sites for hydroxylation is 1. The number of allylic oxidation sites excluding steroid dienone is 1. The molecule has 0 saturated carbocycles. The van der Waals surface area contributed by atoms with Gasteiger partial charge in [-0.1, -0.05) is 12.2 Å². The van der Waals surface area contributed by atoms with Crippen molar-refractivity contribution in [2.75, 3.05) is 12.4 Å². The molecule has 0 saturated heterocycles. The summed E-state index contributed by atoms with van der Waals surface area (Å²) in [4.78, 5) is 15.6. The molecule has 1 aromatic rings. The summed E-state index contributed by atoms with van der Waals surface area (Å²) in [6.07, 6.45) is 5.23. The van der Waals surface area contributed by atoms with Gasteiger partial charge in [-0.2, -0.15) is 0 Å². The minimum atomic E-state index is -0.0975. The normalized spacial score (nSPS) is 10.5. The van der Waals surface area contributed by atoms with Crippen LogP contribution in [0, 0.1) is 6.92 Å². The van der Waals surface area contributed by atoms with E-state index in [1.807, 2.05) is 13.0 Å². The van der Waals surface area contributed by atoms with E-state index in [0.717, 1.165) is 5.69 Å². The number of hydrogen-bond donors (Lipinski definition) is 1. The molecule has 0 bridgehead atoms. The van der Waals surface area contributed by atoms with Gasteiger partial charge in [0.1, 0.15) is 0 Å². The van der Waals surface area contributed by atoms with Gasteiger partial charge in [-0.15, -0.1) is 11.6 Å². The Balaban J connectivity index is 2.50. The SMILES string of the molecule is Cc1cc(C(=O)NC/C=C/CCl)ccn1. The average molecular weight is 225 g/mol. The predicted octanol–water partition coefficient (Wildman–Crippen LogP) is 1.91. The van der Waals surface area contributed by atoms with Crippen molar-refractivity contribution in [1.82, 2.24) is 10.3 Å². The van der Waals surface area contributed by atoms with Gasteiger partial charge >= 0.3 is 0 Å². The minimum absolute atomic E-state index is 0.0975. The molecule has 1 rings (SSSR count). The van der Waals surface area contributed by atoms with E-state index in [1.54, 1.807) is 24.4 Å². The van der Waals surface area contributed by atoms with Crippen LogP contribution >= 0.6 is 11.6 Å². The maximum atomic E-state index is 11.6. The number of pyridine rings is 1. The molecule has 1 heterocycles. The number of hydrogen-bond acceptors (Lipinski definition) is 2. The van der Waals surface area contributed by atoms with Crippen molar-refractivity contribution in [1.29, 1.82) is 0 Å². The first kappa shape index (κ1) is 11.7. The first-order chi connectivity index (χ1) is 7.24. The van der Waals surface area contributed by atoms with Gasteiger partial charge in [0.2, 0.25) is 0 Å². The van der Waals surface area contributed by atoms with E-state index in [0.29, 0.717) is 18.0 Å². The summed E-state index contributed by atoms with van der Waals surface area (Å²) in [6.45, 7) is 2.34. The summed E-state index contributed by atoms with van der Waals surface area (Å²) in [5, 5.41) is 2.75. The fourth-order valence-corrected chi connectivity index (χ4v) is 1.21. The largest absolute Gasteiger partial charge is 0.349 e. The minimum Gasteiger partial charge on any atom is -0.349 e. The van der Waals surface area contributed by atoms with Crippen molar-refractivity contribution in [3.63, 3.8) is 0 Å². The van der Waals surface area contributed by atoms with Crippen LogP contribution in [0.25, 0.3) is 0 Å². The third-order valence-corrected chi connectivity index (χ3v) is 1.97. The van der Waals surface area contributed by atoms with Gasteiger partial charge in [-0.05, 0) is 19.1 Å². The third kappa shape index (κ3) is 4.13. The average Bonchev–Trinajstić information content (AvgIpc) is 2.24. The van der Waals surface area contributed by atoms with Gasteiger partial charge in [-0.3, -0.25) is 9.78 Å². The van der Waals surface area contributed by atoms with E-state index in [-0.39, 0.29) is 5.91 Å². The van der Waals surface area contributed by atoms with Gasteiger partial charge in [0, 0.05) is 29.9 Å². The molecule has 0 radical (unpaired) electrons. The van der Waals surface area contributed by atoms with Crippen LogP contribution in [-0.2, 0) is 0 Å². The van der Waals surface area contributed by atoms with E-state index >= 15 is 0 Å².